The van der Waals surface area contributed by atoms with E-state index in [0.717, 1.165) is 36.9 Å². The molecule has 23 heavy (non-hydrogen) atoms. The van der Waals surface area contributed by atoms with E-state index in [-0.39, 0.29) is 11.9 Å². The van der Waals surface area contributed by atoms with E-state index in [9.17, 15) is 4.79 Å². The summed E-state index contributed by atoms with van der Waals surface area (Å²) in [4.78, 5) is 19.2. The van der Waals surface area contributed by atoms with Crippen LogP contribution in [0.4, 0.5) is 0 Å². The van der Waals surface area contributed by atoms with Gasteiger partial charge in [0.2, 0.25) is 5.88 Å². The molecule has 1 amide bonds. The van der Waals surface area contributed by atoms with Crippen molar-refractivity contribution in [3.05, 3.63) is 59.8 Å². The van der Waals surface area contributed by atoms with Crippen molar-refractivity contribution >= 4 is 5.91 Å². The van der Waals surface area contributed by atoms with Gasteiger partial charge in [0.25, 0.3) is 5.91 Å². The summed E-state index contributed by atoms with van der Waals surface area (Å²) < 4.78 is 5.40. The molecule has 0 spiro atoms. The standard InChI is InChI=1S/C19H22N2O2/c1-2-23-18-12-11-16(14-20-18)17-10-6-7-13-21(17)19(22)15-8-4-3-5-9-15/h3-5,8-9,11-12,14,17H,2,6-7,10,13H2,1H3/t17-/m0/s1. The fourth-order valence-electron chi connectivity index (χ4n) is 3.09. The van der Waals surface area contributed by atoms with Gasteiger partial charge in [0.1, 0.15) is 0 Å². The topological polar surface area (TPSA) is 42.4 Å². The number of rotatable bonds is 4. The molecule has 4 heteroatoms. The Morgan fingerprint density at radius 2 is 2.04 bits per heavy atom. The third-order valence-electron chi connectivity index (χ3n) is 4.22. The number of pyridine rings is 1. The van der Waals surface area contributed by atoms with Gasteiger partial charge in [0, 0.05) is 24.4 Å². The lowest BCUT2D eigenvalue weighted by Gasteiger charge is -2.36. The van der Waals surface area contributed by atoms with Crippen LogP contribution in [0.3, 0.4) is 0 Å². The number of nitrogens with zero attached hydrogens (tertiary/aromatic N) is 2. The highest BCUT2D eigenvalue weighted by Crippen LogP contribution is 2.32. The molecule has 1 fully saturated rings. The number of aromatic nitrogens is 1. The monoisotopic (exact) mass is 310 g/mol. The van der Waals surface area contributed by atoms with E-state index in [1.54, 1.807) is 0 Å². The average molecular weight is 310 g/mol. The molecule has 1 aromatic carbocycles. The van der Waals surface area contributed by atoms with Gasteiger partial charge in [-0.25, -0.2) is 4.98 Å². The van der Waals surface area contributed by atoms with E-state index in [1.807, 2.05) is 60.5 Å². The summed E-state index contributed by atoms with van der Waals surface area (Å²) in [6.07, 6.45) is 5.01. The van der Waals surface area contributed by atoms with Gasteiger partial charge in [-0.05, 0) is 43.9 Å². The number of benzene rings is 1. The van der Waals surface area contributed by atoms with Crippen LogP contribution in [0.2, 0.25) is 0 Å². The summed E-state index contributed by atoms with van der Waals surface area (Å²) in [5, 5.41) is 0. The highest BCUT2D eigenvalue weighted by molar-refractivity contribution is 5.94. The fourth-order valence-corrected chi connectivity index (χ4v) is 3.09. The minimum atomic E-state index is 0.0969. The number of hydrogen-bond donors (Lipinski definition) is 0. The quantitative estimate of drug-likeness (QED) is 0.861. The summed E-state index contributed by atoms with van der Waals surface area (Å²) in [5.41, 5.74) is 1.83. The predicted octanol–water partition coefficient (Wildman–Crippen LogP) is 3.85. The van der Waals surface area contributed by atoms with Gasteiger partial charge in [-0.2, -0.15) is 0 Å². The van der Waals surface area contributed by atoms with Crippen molar-refractivity contribution in [3.8, 4) is 5.88 Å². The number of carbonyl (C=O) groups excluding carboxylic acids is 1. The maximum Gasteiger partial charge on any atom is 0.254 e. The van der Waals surface area contributed by atoms with E-state index >= 15 is 0 Å². The van der Waals surface area contributed by atoms with Crippen molar-refractivity contribution in [1.82, 2.24) is 9.88 Å². The SMILES string of the molecule is CCOc1ccc([C@@H]2CCCCN2C(=O)c2ccccc2)cn1. The van der Waals surface area contributed by atoms with Crippen molar-refractivity contribution in [2.75, 3.05) is 13.2 Å². The zero-order valence-electron chi connectivity index (χ0n) is 13.4. The molecule has 0 unspecified atom stereocenters. The normalized spacial score (nSPS) is 17.8. The van der Waals surface area contributed by atoms with E-state index in [4.69, 9.17) is 4.74 Å². The Bertz CT molecular complexity index is 640. The molecule has 2 heterocycles. The van der Waals surface area contributed by atoms with Crippen LogP contribution in [0.25, 0.3) is 0 Å². The summed E-state index contributed by atoms with van der Waals surface area (Å²) in [7, 11) is 0. The van der Waals surface area contributed by atoms with Crippen molar-refractivity contribution in [1.29, 1.82) is 0 Å². The highest BCUT2D eigenvalue weighted by Gasteiger charge is 2.28. The third-order valence-corrected chi connectivity index (χ3v) is 4.22. The minimum Gasteiger partial charge on any atom is -0.478 e. The van der Waals surface area contributed by atoms with Crippen LogP contribution in [-0.2, 0) is 0 Å². The van der Waals surface area contributed by atoms with Crippen molar-refractivity contribution in [2.45, 2.75) is 32.2 Å². The molecule has 1 aromatic heterocycles. The first-order chi connectivity index (χ1) is 11.3. The van der Waals surface area contributed by atoms with Crippen molar-refractivity contribution in [3.63, 3.8) is 0 Å². The molecule has 0 radical (unpaired) electrons. The molecule has 0 saturated carbocycles. The Kier molecular flexibility index (Phi) is 4.91. The van der Waals surface area contributed by atoms with Gasteiger partial charge in [0.15, 0.2) is 0 Å². The number of amides is 1. The molecule has 1 aliphatic rings. The van der Waals surface area contributed by atoms with Crippen LogP contribution in [-0.4, -0.2) is 28.9 Å². The van der Waals surface area contributed by atoms with Crippen LogP contribution >= 0.6 is 0 Å². The number of piperidine rings is 1. The van der Waals surface area contributed by atoms with Gasteiger partial charge >= 0.3 is 0 Å². The van der Waals surface area contributed by atoms with E-state index in [1.165, 1.54) is 0 Å². The molecule has 2 aromatic rings. The zero-order chi connectivity index (χ0) is 16.1. The van der Waals surface area contributed by atoms with Gasteiger partial charge in [0.05, 0.1) is 12.6 Å². The third kappa shape index (κ3) is 3.52. The smallest absolute Gasteiger partial charge is 0.254 e. The van der Waals surface area contributed by atoms with Crippen LogP contribution in [0.1, 0.15) is 48.1 Å². The lowest BCUT2D eigenvalue weighted by atomic mass is 9.95. The van der Waals surface area contributed by atoms with Crippen LogP contribution < -0.4 is 4.74 Å². The first-order valence-electron chi connectivity index (χ1n) is 8.24. The first-order valence-corrected chi connectivity index (χ1v) is 8.24. The Hall–Kier alpha value is -2.36. The molecule has 3 rings (SSSR count). The lowest BCUT2D eigenvalue weighted by Crippen LogP contribution is -2.38. The summed E-state index contributed by atoms with van der Waals surface area (Å²) in [6.45, 7) is 3.34. The highest BCUT2D eigenvalue weighted by atomic mass is 16.5. The van der Waals surface area contributed by atoms with Gasteiger partial charge in [-0.15, -0.1) is 0 Å². The van der Waals surface area contributed by atoms with E-state index < -0.39 is 0 Å². The Morgan fingerprint density at radius 3 is 2.74 bits per heavy atom. The molecule has 4 nitrogen and oxygen atoms in total. The first kappa shape index (κ1) is 15.5. The second kappa shape index (κ2) is 7.27. The lowest BCUT2D eigenvalue weighted by molar-refractivity contribution is 0.0611. The van der Waals surface area contributed by atoms with Gasteiger partial charge in [-0.1, -0.05) is 24.3 Å². The molecule has 1 saturated heterocycles. The van der Waals surface area contributed by atoms with E-state index in [2.05, 4.69) is 4.98 Å². The maximum absolute atomic E-state index is 12.8. The molecular weight excluding hydrogens is 288 g/mol. The Balaban J connectivity index is 1.82. The van der Waals surface area contributed by atoms with Crippen LogP contribution in [0.15, 0.2) is 48.7 Å². The predicted molar refractivity (Wildman–Crippen MR) is 89.5 cm³/mol. The summed E-state index contributed by atoms with van der Waals surface area (Å²) in [5.74, 6) is 0.734. The zero-order valence-corrected chi connectivity index (χ0v) is 13.4. The molecule has 0 bridgehead atoms. The summed E-state index contributed by atoms with van der Waals surface area (Å²) in [6, 6.07) is 13.5. The van der Waals surface area contributed by atoms with Crippen LogP contribution in [0, 0.1) is 0 Å². The Morgan fingerprint density at radius 1 is 1.22 bits per heavy atom. The molecule has 1 atom stereocenters. The number of ether oxygens (including phenoxy) is 1. The molecule has 120 valence electrons. The Labute approximate surface area is 137 Å². The maximum atomic E-state index is 12.8. The van der Waals surface area contributed by atoms with E-state index in [0.29, 0.717) is 12.5 Å². The largest absolute Gasteiger partial charge is 0.478 e. The van der Waals surface area contributed by atoms with Gasteiger partial charge < -0.3 is 9.64 Å². The number of hydrogen-bond acceptors (Lipinski definition) is 3. The van der Waals surface area contributed by atoms with Crippen LogP contribution in [0.5, 0.6) is 5.88 Å². The average Bonchev–Trinajstić information content (AvgIpc) is 2.63. The number of carbonyl (C=O) groups is 1. The van der Waals surface area contributed by atoms with Crippen molar-refractivity contribution in [2.24, 2.45) is 0 Å². The molecule has 0 aliphatic carbocycles. The molecular formula is C19H22N2O2. The summed E-state index contributed by atoms with van der Waals surface area (Å²) >= 11 is 0. The second-order valence-corrected chi connectivity index (χ2v) is 5.74. The molecule has 1 aliphatic heterocycles. The second-order valence-electron chi connectivity index (χ2n) is 5.74. The minimum absolute atomic E-state index is 0.0969. The van der Waals surface area contributed by atoms with Gasteiger partial charge in [-0.3, -0.25) is 4.79 Å². The van der Waals surface area contributed by atoms with Crippen molar-refractivity contribution < 1.29 is 9.53 Å². The number of likely N-dealkylation sites (tertiary alicyclic amines) is 1. The molecule has 0 N–H and O–H groups in total. The fraction of sp³-hybridized carbons (Fsp3) is 0.368.